The first-order valence-corrected chi connectivity index (χ1v) is 6.75. The van der Waals surface area contributed by atoms with E-state index in [0.29, 0.717) is 6.54 Å². The monoisotopic (exact) mass is 291 g/mol. The molecule has 0 fully saturated rings. The Bertz CT molecular complexity index is 599. The van der Waals surface area contributed by atoms with Crippen LogP contribution in [0.3, 0.4) is 0 Å². The van der Waals surface area contributed by atoms with Gasteiger partial charge in [-0.25, -0.2) is 9.18 Å². The first-order valence-electron chi connectivity index (χ1n) is 6.75. The summed E-state index contributed by atoms with van der Waals surface area (Å²) >= 11 is 0. The van der Waals surface area contributed by atoms with Crippen molar-refractivity contribution < 1.29 is 14.3 Å². The third-order valence-corrected chi connectivity index (χ3v) is 3.13. The van der Waals surface area contributed by atoms with Crippen molar-refractivity contribution in [2.24, 2.45) is 0 Å². The smallest absolute Gasteiger partial charge is 0.321 e. The summed E-state index contributed by atoms with van der Waals surface area (Å²) in [6.45, 7) is 2.31. The van der Waals surface area contributed by atoms with Crippen LogP contribution in [0.5, 0.6) is 0 Å². The van der Waals surface area contributed by atoms with E-state index in [0.717, 1.165) is 5.69 Å². The lowest BCUT2D eigenvalue weighted by atomic mass is 10.2. The standard InChI is InChI=1S/C15H18FN3O2/c1-2-18(9-10-20)15(21)17-14-11-12(5-6-13(14)16)19-7-3-4-8-19/h3-8,11,20H,2,9-10H2,1H3,(H,17,21). The minimum atomic E-state index is -0.501. The number of rotatable bonds is 5. The van der Waals surface area contributed by atoms with Crippen molar-refractivity contribution in [3.63, 3.8) is 0 Å². The van der Waals surface area contributed by atoms with Gasteiger partial charge < -0.3 is 19.9 Å². The van der Waals surface area contributed by atoms with Gasteiger partial charge in [-0.15, -0.1) is 0 Å². The van der Waals surface area contributed by atoms with E-state index in [9.17, 15) is 9.18 Å². The molecule has 1 aromatic carbocycles. The predicted molar refractivity (Wildman–Crippen MR) is 79.1 cm³/mol. The summed E-state index contributed by atoms with van der Waals surface area (Å²) in [7, 11) is 0. The molecule has 2 aromatic rings. The predicted octanol–water partition coefficient (Wildman–Crippen LogP) is 2.46. The molecule has 112 valence electrons. The molecule has 0 atom stereocenters. The molecule has 0 aliphatic carbocycles. The van der Waals surface area contributed by atoms with E-state index < -0.39 is 11.8 Å². The van der Waals surface area contributed by atoms with Crippen LogP contribution < -0.4 is 5.32 Å². The maximum Gasteiger partial charge on any atom is 0.321 e. The highest BCUT2D eigenvalue weighted by molar-refractivity contribution is 5.89. The first-order chi connectivity index (χ1) is 10.2. The summed E-state index contributed by atoms with van der Waals surface area (Å²) in [6, 6.07) is 7.81. The summed E-state index contributed by atoms with van der Waals surface area (Å²) in [5.41, 5.74) is 0.865. The molecule has 0 unspecified atom stereocenters. The van der Waals surface area contributed by atoms with Crippen molar-refractivity contribution in [1.82, 2.24) is 9.47 Å². The fraction of sp³-hybridized carbons (Fsp3) is 0.267. The molecule has 0 aliphatic heterocycles. The third kappa shape index (κ3) is 3.61. The Hall–Kier alpha value is -2.34. The number of amides is 2. The number of carbonyl (C=O) groups excluding carboxylic acids is 1. The zero-order valence-electron chi connectivity index (χ0n) is 11.8. The van der Waals surface area contributed by atoms with E-state index in [4.69, 9.17) is 5.11 Å². The van der Waals surface area contributed by atoms with Gasteiger partial charge in [0.2, 0.25) is 0 Å². The molecule has 0 saturated heterocycles. The Kier molecular flexibility index (Phi) is 4.94. The molecule has 0 aliphatic rings. The van der Waals surface area contributed by atoms with E-state index in [1.807, 2.05) is 29.1 Å². The lowest BCUT2D eigenvalue weighted by Crippen LogP contribution is -2.37. The van der Waals surface area contributed by atoms with Crippen LogP contribution in [0.25, 0.3) is 5.69 Å². The van der Waals surface area contributed by atoms with Gasteiger partial charge in [-0.1, -0.05) is 0 Å². The van der Waals surface area contributed by atoms with Crippen LogP contribution in [0.15, 0.2) is 42.7 Å². The Labute approximate surface area is 122 Å². The van der Waals surface area contributed by atoms with Gasteiger partial charge in [0.15, 0.2) is 0 Å². The molecule has 0 bridgehead atoms. The quantitative estimate of drug-likeness (QED) is 0.889. The molecule has 1 aromatic heterocycles. The number of benzene rings is 1. The van der Waals surface area contributed by atoms with Crippen LogP contribution >= 0.6 is 0 Å². The number of hydrogen-bond donors (Lipinski definition) is 2. The highest BCUT2D eigenvalue weighted by Gasteiger charge is 2.13. The average Bonchev–Trinajstić information content (AvgIpc) is 3.01. The minimum Gasteiger partial charge on any atom is -0.395 e. The molecule has 6 heteroatoms. The molecular weight excluding hydrogens is 273 g/mol. The summed E-state index contributed by atoms with van der Waals surface area (Å²) < 4.78 is 15.7. The summed E-state index contributed by atoms with van der Waals surface area (Å²) in [5.74, 6) is -0.501. The zero-order valence-corrected chi connectivity index (χ0v) is 11.8. The van der Waals surface area contributed by atoms with Gasteiger partial charge >= 0.3 is 6.03 Å². The SMILES string of the molecule is CCN(CCO)C(=O)Nc1cc(-n2cccc2)ccc1F. The van der Waals surface area contributed by atoms with Crippen LogP contribution in [0.2, 0.25) is 0 Å². The molecule has 0 radical (unpaired) electrons. The number of carbonyl (C=O) groups is 1. The van der Waals surface area contributed by atoms with Crippen molar-refractivity contribution in [2.45, 2.75) is 6.92 Å². The van der Waals surface area contributed by atoms with Gasteiger partial charge in [0.1, 0.15) is 5.82 Å². The van der Waals surface area contributed by atoms with Gasteiger partial charge in [0.05, 0.1) is 12.3 Å². The maximum atomic E-state index is 13.8. The molecule has 21 heavy (non-hydrogen) atoms. The lowest BCUT2D eigenvalue weighted by Gasteiger charge is -2.20. The number of aromatic nitrogens is 1. The van der Waals surface area contributed by atoms with Crippen LogP contribution in [0, 0.1) is 5.82 Å². The van der Waals surface area contributed by atoms with Crippen molar-refractivity contribution in [3.05, 3.63) is 48.5 Å². The lowest BCUT2D eigenvalue weighted by molar-refractivity contribution is 0.192. The van der Waals surface area contributed by atoms with E-state index in [-0.39, 0.29) is 18.8 Å². The van der Waals surface area contributed by atoms with E-state index in [1.54, 1.807) is 19.1 Å². The van der Waals surface area contributed by atoms with Crippen LogP contribution in [0.4, 0.5) is 14.9 Å². The van der Waals surface area contributed by atoms with E-state index >= 15 is 0 Å². The fourth-order valence-electron chi connectivity index (χ4n) is 1.99. The van der Waals surface area contributed by atoms with Crippen molar-refractivity contribution in [1.29, 1.82) is 0 Å². The number of aliphatic hydroxyl groups is 1. The average molecular weight is 291 g/mol. The minimum absolute atomic E-state index is 0.114. The highest BCUT2D eigenvalue weighted by Crippen LogP contribution is 2.19. The Balaban J connectivity index is 2.19. The molecule has 2 N–H and O–H groups in total. The largest absolute Gasteiger partial charge is 0.395 e. The first kappa shape index (κ1) is 15.1. The Morgan fingerprint density at radius 1 is 1.38 bits per heavy atom. The molecular formula is C15H18FN3O2. The topological polar surface area (TPSA) is 57.5 Å². The Morgan fingerprint density at radius 3 is 2.71 bits per heavy atom. The zero-order chi connectivity index (χ0) is 15.2. The molecule has 0 saturated carbocycles. The van der Waals surface area contributed by atoms with E-state index in [2.05, 4.69) is 5.32 Å². The normalized spacial score (nSPS) is 10.4. The number of likely N-dealkylation sites (N-methyl/N-ethyl adjacent to an activating group) is 1. The fourth-order valence-corrected chi connectivity index (χ4v) is 1.99. The molecule has 2 amide bonds. The molecule has 5 nitrogen and oxygen atoms in total. The van der Waals surface area contributed by atoms with Gasteiger partial charge in [0, 0.05) is 31.2 Å². The second-order valence-electron chi connectivity index (χ2n) is 4.49. The summed E-state index contributed by atoms with van der Waals surface area (Å²) in [6.07, 6.45) is 3.67. The van der Waals surface area contributed by atoms with Gasteiger partial charge in [-0.2, -0.15) is 0 Å². The number of nitrogens with one attached hydrogen (secondary N) is 1. The second kappa shape index (κ2) is 6.90. The number of urea groups is 1. The summed E-state index contributed by atoms with van der Waals surface area (Å²) in [4.78, 5) is 13.4. The van der Waals surface area contributed by atoms with Crippen LogP contribution in [-0.4, -0.2) is 40.3 Å². The van der Waals surface area contributed by atoms with Crippen molar-refractivity contribution in [2.75, 3.05) is 25.0 Å². The highest BCUT2D eigenvalue weighted by atomic mass is 19.1. The number of aliphatic hydroxyl groups excluding tert-OH is 1. The van der Waals surface area contributed by atoms with E-state index in [1.165, 1.54) is 11.0 Å². The van der Waals surface area contributed by atoms with Gasteiger partial charge in [-0.05, 0) is 37.3 Å². The molecule has 1 heterocycles. The van der Waals surface area contributed by atoms with Crippen molar-refractivity contribution in [3.8, 4) is 5.69 Å². The number of nitrogens with zero attached hydrogens (tertiary/aromatic N) is 2. The number of halogens is 1. The number of hydrogen-bond acceptors (Lipinski definition) is 2. The van der Waals surface area contributed by atoms with Gasteiger partial charge in [-0.3, -0.25) is 0 Å². The Morgan fingerprint density at radius 2 is 2.10 bits per heavy atom. The second-order valence-corrected chi connectivity index (χ2v) is 4.49. The molecule has 2 rings (SSSR count). The number of anilines is 1. The van der Waals surface area contributed by atoms with Crippen molar-refractivity contribution >= 4 is 11.7 Å². The third-order valence-electron chi connectivity index (χ3n) is 3.13. The molecule has 0 spiro atoms. The van der Waals surface area contributed by atoms with Crippen LogP contribution in [0.1, 0.15) is 6.92 Å². The summed E-state index contributed by atoms with van der Waals surface area (Å²) in [5, 5.41) is 11.4. The maximum absolute atomic E-state index is 13.8. The van der Waals surface area contributed by atoms with Gasteiger partial charge in [0.25, 0.3) is 0 Å². The van der Waals surface area contributed by atoms with Crippen LogP contribution in [-0.2, 0) is 0 Å².